The van der Waals surface area contributed by atoms with Gasteiger partial charge < -0.3 is 0 Å². The van der Waals surface area contributed by atoms with E-state index in [1.54, 1.807) is 0 Å². The molecular formula is C10H15NO3. The van der Waals surface area contributed by atoms with Crippen molar-refractivity contribution >= 4 is 17.6 Å². The number of imide groups is 1. The third kappa shape index (κ3) is 2.00. The first-order valence-corrected chi connectivity index (χ1v) is 4.78. The molecule has 0 aromatic rings. The van der Waals surface area contributed by atoms with Crippen LogP contribution in [0, 0.1) is 5.92 Å². The Morgan fingerprint density at radius 1 is 1.50 bits per heavy atom. The first kappa shape index (κ1) is 10.9. The van der Waals surface area contributed by atoms with Gasteiger partial charge in [0.05, 0.1) is 12.5 Å². The Balaban J connectivity index is 2.83. The van der Waals surface area contributed by atoms with Gasteiger partial charge in [-0.15, -0.1) is 0 Å². The van der Waals surface area contributed by atoms with Gasteiger partial charge in [-0.2, -0.15) is 0 Å². The topological polar surface area (TPSA) is 54.5 Å². The van der Waals surface area contributed by atoms with Crippen molar-refractivity contribution in [2.75, 3.05) is 0 Å². The molecule has 2 amide bonds. The third-order valence-corrected chi connectivity index (χ3v) is 2.31. The molecule has 0 spiro atoms. The second-order valence-electron chi connectivity index (χ2n) is 4.07. The van der Waals surface area contributed by atoms with Crippen molar-refractivity contribution in [1.29, 1.82) is 0 Å². The Bertz CT molecular complexity index is 283. The average molecular weight is 197 g/mol. The molecule has 0 aromatic heterocycles. The monoisotopic (exact) mass is 197 g/mol. The highest BCUT2D eigenvalue weighted by Crippen LogP contribution is 2.21. The molecule has 0 aromatic carbocycles. The molecular weight excluding hydrogens is 182 g/mol. The Kier molecular flexibility index (Phi) is 3.03. The molecule has 0 unspecified atom stereocenters. The number of amides is 2. The van der Waals surface area contributed by atoms with Crippen molar-refractivity contribution in [3.05, 3.63) is 0 Å². The molecule has 1 aliphatic heterocycles. The van der Waals surface area contributed by atoms with Gasteiger partial charge in [-0.05, 0) is 12.3 Å². The predicted molar refractivity (Wildman–Crippen MR) is 50.4 cm³/mol. The van der Waals surface area contributed by atoms with Crippen LogP contribution in [0.25, 0.3) is 0 Å². The van der Waals surface area contributed by atoms with E-state index in [1.807, 2.05) is 13.8 Å². The molecule has 1 atom stereocenters. The standard InChI is InChI=1S/C10H15NO3/c1-6(2)4-8-9(13)5-10(14)11(8)7(3)12/h6,8H,4-5H2,1-3H3/t8-/m0/s1. The minimum Gasteiger partial charge on any atom is -0.297 e. The smallest absolute Gasteiger partial charge is 0.237 e. The van der Waals surface area contributed by atoms with E-state index in [0.29, 0.717) is 12.3 Å². The van der Waals surface area contributed by atoms with Gasteiger partial charge in [0.25, 0.3) is 0 Å². The zero-order chi connectivity index (χ0) is 10.9. The van der Waals surface area contributed by atoms with Crippen molar-refractivity contribution in [1.82, 2.24) is 4.90 Å². The molecule has 78 valence electrons. The first-order valence-electron chi connectivity index (χ1n) is 4.78. The minimum atomic E-state index is -0.514. The van der Waals surface area contributed by atoms with Gasteiger partial charge in [0.2, 0.25) is 11.8 Å². The van der Waals surface area contributed by atoms with Crippen LogP contribution in [0.15, 0.2) is 0 Å². The molecule has 0 saturated carbocycles. The Hall–Kier alpha value is -1.19. The van der Waals surface area contributed by atoms with Crippen LogP contribution in [0.5, 0.6) is 0 Å². The van der Waals surface area contributed by atoms with E-state index >= 15 is 0 Å². The number of Topliss-reactive ketones (excluding diaryl/α,β-unsaturated/α-hetero) is 1. The SMILES string of the molecule is CC(=O)N1C(=O)CC(=O)[C@@H]1CC(C)C. The molecule has 1 fully saturated rings. The van der Waals surface area contributed by atoms with Crippen molar-refractivity contribution in [3.8, 4) is 0 Å². The second-order valence-corrected chi connectivity index (χ2v) is 4.07. The van der Waals surface area contributed by atoms with Gasteiger partial charge in [-0.3, -0.25) is 19.3 Å². The maximum Gasteiger partial charge on any atom is 0.237 e. The number of hydrogen-bond acceptors (Lipinski definition) is 3. The average Bonchev–Trinajstić information content (AvgIpc) is 2.25. The molecule has 1 heterocycles. The van der Waals surface area contributed by atoms with Crippen LogP contribution in [0.3, 0.4) is 0 Å². The molecule has 1 saturated heterocycles. The quantitative estimate of drug-likeness (QED) is 0.614. The molecule has 0 aliphatic carbocycles. The number of carbonyl (C=O) groups excluding carboxylic acids is 3. The van der Waals surface area contributed by atoms with Crippen LogP contribution in [-0.2, 0) is 14.4 Å². The van der Waals surface area contributed by atoms with Gasteiger partial charge in [-0.1, -0.05) is 13.8 Å². The Morgan fingerprint density at radius 3 is 2.50 bits per heavy atom. The van der Waals surface area contributed by atoms with Gasteiger partial charge in [0.1, 0.15) is 0 Å². The van der Waals surface area contributed by atoms with Crippen molar-refractivity contribution in [2.45, 2.75) is 39.7 Å². The summed E-state index contributed by atoms with van der Waals surface area (Å²) in [5.74, 6) is -0.504. The lowest BCUT2D eigenvalue weighted by molar-refractivity contribution is -0.143. The van der Waals surface area contributed by atoms with Crippen LogP contribution in [-0.4, -0.2) is 28.5 Å². The Labute approximate surface area is 83.3 Å². The summed E-state index contributed by atoms with van der Waals surface area (Å²) in [5, 5.41) is 0. The summed E-state index contributed by atoms with van der Waals surface area (Å²) in [4.78, 5) is 35.0. The zero-order valence-corrected chi connectivity index (χ0v) is 8.74. The van der Waals surface area contributed by atoms with Gasteiger partial charge in [0.15, 0.2) is 5.78 Å². The maximum atomic E-state index is 11.4. The molecule has 0 radical (unpaired) electrons. The van der Waals surface area contributed by atoms with E-state index in [2.05, 4.69) is 0 Å². The van der Waals surface area contributed by atoms with E-state index in [1.165, 1.54) is 6.92 Å². The molecule has 4 nitrogen and oxygen atoms in total. The normalized spacial score (nSPS) is 22.3. The summed E-state index contributed by atoms with van der Waals surface area (Å²) in [6, 6.07) is -0.514. The minimum absolute atomic E-state index is 0.114. The molecule has 0 bridgehead atoms. The van der Waals surface area contributed by atoms with Crippen LogP contribution < -0.4 is 0 Å². The lowest BCUT2D eigenvalue weighted by atomic mass is 10.0. The van der Waals surface area contributed by atoms with Crippen LogP contribution in [0.2, 0.25) is 0 Å². The van der Waals surface area contributed by atoms with Crippen LogP contribution >= 0.6 is 0 Å². The number of rotatable bonds is 2. The van der Waals surface area contributed by atoms with Crippen LogP contribution in [0.4, 0.5) is 0 Å². The van der Waals surface area contributed by atoms with Gasteiger partial charge >= 0.3 is 0 Å². The molecule has 1 aliphatic rings. The highest BCUT2D eigenvalue weighted by Gasteiger charge is 2.40. The predicted octanol–water partition coefficient (Wildman–Crippen LogP) is 0.749. The number of nitrogens with zero attached hydrogens (tertiary/aromatic N) is 1. The van der Waals surface area contributed by atoms with Gasteiger partial charge in [-0.25, -0.2) is 0 Å². The second kappa shape index (κ2) is 3.90. The number of ketones is 1. The lowest BCUT2D eigenvalue weighted by Gasteiger charge is -2.21. The van der Waals surface area contributed by atoms with E-state index in [4.69, 9.17) is 0 Å². The van der Waals surface area contributed by atoms with Crippen molar-refractivity contribution in [2.24, 2.45) is 5.92 Å². The number of hydrogen-bond donors (Lipinski definition) is 0. The summed E-state index contributed by atoms with van der Waals surface area (Å²) in [6.45, 7) is 5.26. The highest BCUT2D eigenvalue weighted by atomic mass is 16.2. The maximum absolute atomic E-state index is 11.4. The van der Waals surface area contributed by atoms with E-state index in [-0.39, 0.29) is 24.0 Å². The van der Waals surface area contributed by atoms with Crippen molar-refractivity contribution < 1.29 is 14.4 Å². The largest absolute Gasteiger partial charge is 0.297 e. The van der Waals surface area contributed by atoms with Gasteiger partial charge in [0, 0.05) is 6.92 Å². The molecule has 1 rings (SSSR count). The zero-order valence-electron chi connectivity index (χ0n) is 8.74. The molecule has 14 heavy (non-hydrogen) atoms. The summed E-state index contributed by atoms with van der Waals surface area (Å²) in [7, 11) is 0. The first-order chi connectivity index (χ1) is 6.43. The summed E-state index contributed by atoms with van der Waals surface area (Å²) in [5.41, 5.74) is 0. The number of carbonyl (C=O) groups is 3. The highest BCUT2D eigenvalue weighted by molar-refractivity contribution is 6.13. The summed E-state index contributed by atoms with van der Waals surface area (Å²) in [6.07, 6.45) is 0.459. The molecule has 0 N–H and O–H groups in total. The summed E-state index contributed by atoms with van der Waals surface area (Å²) >= 11 is 0. The molecule has 4 heteroatoms. The fourth-order valence-electron chi connectivity index (χ4n) is 1.75. The van der Waals surface area contributed by atoms with E-state index in [0.717, 1.165) is 4.90 Å². The fraction of sp³-hybridized carbons (Fsp3) is 0.700. The Morgan fingerprint density at radius 2 is 2.07 bits per heavy atom. The summed E-state index contributed by atoms with van der Waals surface area (Å²) < 4.78 is 0. The fourth-order valence-corrected chi connectivity index (χ4v) is 1.75. The van der Waals surface area contributed by atoms with Crippen LogP contribution in [0.1, 0.15) is 33.6 Å². The van der Waals surface area contributed by atoms with E-state index < -0.39 is 6.04 Å². The lowest BCUT2D eigenvalue weighted by Crippen LogP contribution is -2.39. The number of likely N-dealkylation sites (tertiary alicyclic amines) is 1. The third-order valence-electron chi connectivity index (χ3n) is 2.31. The van der Waals surface area contributed by atoms with Crippen molar-refractivity contribution in [3.63, 3.8) is 0 Å². The van der Waals surface area contributed by atoms with E-state index in [9.17, 15) is 14.4 Å².